The second-order valence-corrected chi connectivity index (χ2v) is 3.34. The first-order valence-electron chi connectivity index (χ1n) is 5.56. The van der Waals surface area contributed by atoms with Crippen LogP contribution in [0.4, 0.5) is 0 Å². The van der Waals surface area contributed by atoms with Crippen LogP contribution in [0.5, 0.6) is 0 Å². The molecule has 0 fully saturated rings. The van der Waals surface area contributed by atoms with Gasteiger partial charge in [-0.25, -0.2) is 0 Å². The van der Waals surface area contributed by atoms with Crippen LogP contribution < -0.4 is 0 Å². The molecule has 0 radical (unpaired) electrons. The summed E-state index contributed by atoms with van der Waals surface area (Å²) in [7, 11) is 0. The van der Waals surface area contributed by atoms with Gasteiger partial charge in [0, 0.05) is 0 Å². The van der Waals surface area contributed by atoms with Crippen LogP contribution in [0.1, 0.15) is 11.1 Å². The molecule has 6 heteroatoms. The predicted molar refractivity (Wildman–Crippen MR) is 81.3 cm³/mol. The van der Waals surface area contributed by atoms with Crippen LogP contribution in [0.25, 0.3) is 38.6 Å². The molecule has 0 aliphatic rings. The summed E-state index contributed by atoms with van der Waals surface area (Å²) < 4.78 is 0. The van der Waals surface area contributed by atoms with Crippen LogP contribution in [-0.2, 0) is 0 Å². The molecule has 2 rings (SSSR count). The largest absolute Gasteiger partial charge is 0.373 e. The number of hydrogen-bond acceptors (Lipinski definition) is 1. The smallest absolute Gasteiger partial charge is 0.00208 e. The SMILES string of the molecule is C(=Cc1ccccc1)c1ccccc1.[N-]=[N+]=N.[N-]=[N+]=[N-]. The Balaban J connectivity index is 0.000000520. The number of benzene rings is 2. The van der Waals surface area contributed by atoms with Crippen LogP contribution in [0, 0.1) is 5.53 Å². The first-order valence-corrected chi connectivity index (χ1v) is 5.56. The summed E-state index contributed by atoms with van der Waals surface area (Å²) in [4.78, 5) is 3.25. The molecule has 2 aromatic carbocycles. The highest BCUT2D eigenvalue weighted by Crippen LogP contribution is 2.06. The van der Waals surface area contributed by atoms with E-state index in [1.54, 1.807) is 4.91 Å². The van der Waals surface area contributed by atoms with Crippen molar-refractivity contribution in [2.45, 2.75) is 0 Å². The highest BCUT2D eigenvalue weighted by molar-refractivity contribution is 5.69. The highest BCUT2D eigenvalue weighted by Gasteiger charge is 1.84. The Morgan fingerprint density at radius 1 is 0.700 bits per heavy atom. The molecule has 0 unspecified atom stereocenters. The van der Waals surface area contributed by atoms with Crippen molar-refractivity contribution in [3.63, 3.8) is 0 Å². The Kier molecular flexibility index (Phi) is 10.3. The fourth-order valence-corrected chi connectivity index (χ4v) is 1.32. The number of nitrogens with zero attached hydrogens (tertiary/aromatic N) is 5. The minimum absolute atomic E-state index is 1.23. The van der Waals surface area contributed by atoms with E-state index in [4.69, 9.17) is 22.1 Å². The number of rotatable bonds is 2. The average Bonchev–Trinajstić information content (AvgIpc) is 2.49. The lowest BCUT2D eigenvalue weighted by Gasteiger charge is -1.92. The van der Waals surface area contributed by atoms with Crippen molar-refractivity contribution in [2.24, 2.45) is 0 Å². The van der Waals surface area contributed by atoms with Crippen LogP contribution in [-0.4, -0.2) is 0 Å². The highest BCUT2D eigenvalue weighted by atomic mass is 15.0. The van der Waals surface area contributed by atoms with Gasteiger partial charge in [0.05, 0.1) is 0 Å². The molecular formula is C14H13N6-. The summed E-state index contributed by atoms with van der Waals surface area (Å²) in [5.74, 6) is 0. The van der Waals surface area contributed by atoms with Crippen molar-refractivity contribution < 1.29 is 0 Å². The van der Waals surface area contributed by atoms with Crippen LogP contribution >= 0.6 is 0 Å². The van der Waals surface area contributed by atoms with E-state index in [0.29, 0.717) is 0 Å². The lowest BCUT2D eigenvalue weighted by atomic mass is 10.1. The fraction of sp³-hybridized carbons (Fsp3) is 0. The number of nitrogens with one attached hydrogen (secondary N) is 1. The molecule has 1 N–H and O–H groups in total. The monoisotopic (exact) mass is 265 g/mol. The molecule has 2 aromatic rings. The van der Waals surface area contributed by atoms with Gasteiger partial charge in [0.25, 0.3) is 0 Å². The van der Waals surface area contributed by atoms with E-state index in [-0.39, 0.29) is 0 Å². The molecular weight excluding hydrogens is 252 g/mol. The summed E-state index contributed by atoms with van der Waals surface area (Å²) in [5, 5.41) is 0. The molecule has 0 aliphatic heterocycles. The Hall–Kier alpha value is -3.20. The van der Waals surface area contributed by atoms with E-state index < -0.39 is 0 Å². The second-order valence-electron chi connectivity index (χ2n) is 3.34. The van der Waals surface area contributed by atoms with Crippen LogP contribution in [0.2, 0.25) is 0 Å². The van der Waals surface area contributed by atoms with Gasteiger partial charge in [-0.2, -0.15) is 0 Å². The maximum atomic E-state index is 6.86. The third-order valence-corrected chi connectivity index (χ3v) is 2.07. The molecule has 0 saturated heterocycles. The summed E-state index contributed by atoms with van der Waals surface area (Å²) >= 11 is 0. The third kappa shape index (κ3) is 8.90. The molecule has 0 heterocycles. The lowest BCUT2D eigenvalue weighted by Crippen LogP contribution is -1.70. The molecule has 0 spiro atoms. The van der Waals surface area contributed by atoms with E-state index in [1.165, 1.54) is 16.0 Å². The quantitative estimate of drug-likeness (QED) is 0.314. The molecule has 0 aromatic heterocycles. The van der Waals surface area contributed by atoms with Gasteiger partial charge in [-0.15, -0.1) is 5.53 Å². The fourth-order valence-electron chi connectivity index (χ4n) is 1.32. The van der Waals surface area contributed by atoms with Crippen molar-refractivity contribution in [2.75, 3.05) is 0 Å². The summed E-state index contributed by atoms with van der Waals surface area (Å²) in [6.07, 6.45) is 4.24. The molecule has 20 heavy (non-hydrogen) atoms. The molecule has 0 atom stereocenters. The second kappa shape index (κ2) is 12.3. The van der Waals surface area contributed by atoms with E-state index in [0.717, 1.165) is 0 Å². The first kappa shape index (κ1) is 16.8. The van der Waals surface area contributed by atoms with Gasteiger partial charge in [-0.05, 0) is 21.6 Å². The standard InChI is InChI=1S/C14H12.HN3.N3/c1-3-7-13(8-4-1)11-12-14-9-5-2-6-10-14;2*1-3-2/h1-12H;1H;/q;;-1. The predicted octanol–water partition coefficient (Wildman–Crippen LogP) is 5.60. The van der Waals surface area contributed by atoms with Gasteiger partial charge in [0.2, 0.25) is 0 Å². The van der Waals surface area contributed by atoms with Gasteiger partial charge in [0.15, 0.2) is 0 Å². The Morgan fingerprint density at radius 3 is 1.20 bits per heavy atom. The van der Waals surface area contributed by atoms with Crippen molar-refractivity contribution in [3.8, 4) is 0 Å². The van der Waals surface area contributed by atoms with E-state index in [1.807, 2.05) is 36.4 Å². The van der Waals surface area contributed by atoms with Gasteiger partial charge in [-0.3, -0.25) is 4.91 Å². The summed E-state index contributed by atoms with van der Waals surface area (Å²) in [5.41, 5.74) is 28.2. The van der Waals surface area contributed by atoms with Gasteiger partial charge in [-0.1, -0.05) is 72.8 Å². The topological polar surface area (TPSA) is 119 Å². The zero-order valence-corrected chi connectivity index (χ0v) is 10.7. The average molecular weight is 265 g/mol. The van der Waals surface area contributed by atoms with Crippen molar-refractivity contribution in [1.29, 1.82) is 5.53 Å². The van der Waals surface area contributed by atoms with Gasteiger partial charge < -0.3 is 11.1 Å². The van der Waals surface area contributed by atoms with E-state index >= 15 is 0 Å². The zero-order chi connectivity index (χ0) is 15.1. The Labute approximate surface area is 116 Å². The van der Waals surface area contributed by atoms with Crippen LogP contribution in [0.3, 0.4) is 0 Å². The minimum atomic E-state index is 1.23. The van der Waals surface area contributed by atoms with E-state index in [9.17, 15) is 0 Å². The normalized spacial score (nSPS) is 8.20. The molecule has 6 nitrogen and oxygen atoms in total. The molecule has 0 saturated carbocycles. The van der Waals surface area contributed by atoms with E-state index in [2.05, 4.69) is 36.4 Å². The number of hydrogen-bond donors (Lipinski definition) is 1. The van der Waals surface area contributed by atoms with Gasteiger partial charge >= 0.3 is 0 Å². The van der Waals surface area contributed by atoms with Crippen molar-refractivity contribution in [3.05, 3.63) is 98.2 Å². The maximum Gasteiger partial charge on any atom is -0.00208 e. The zero-order valence-electron chi connectivity index (χ0n) is 10.7. The van der Waals surface area contributed by atoms with Crippen molar-refractivity contribution >= 4 is 12.2 Å². The molecule has 100 valence electrons. The maximum absolute atomic E-state index is 6.86. The molecule has 0 bridgehead atoms. The van der Waals surface area contributed by atoms with Gasteiger partial charge in [0.1, 0.15) is 0 Å². The lowest BCUT2D eigenvalue weighted by molar-refractivity contribution is 1.45. The summed E-state index contributed by atoms with van der Waals surface area (Å²) in [6, 6.07) is 20.6. The Bertz CT molecular complexity index is 512. The molecule has 0 amide bonds. The van der Waals surface area contributed by atoms with Crippen LogP contribution in [0.15, 0.2) is 60.7 Å². The molecule has 0 aliphatic carbocycles. The first-order chi connectivity index (χ1) is 9.78. The minimum Gasteiger partial charge on any atom is -0.373 e. The Morgan fingerprint density at radius 2 is 0.950 bits per heavy atom. The summed E-state index contributed by atoms with van der Waals surface area (Å²) in [6.45, 7) is 0. The third-order valence-electron chi connectivity index (χ3n) is 2.07. The van der Waals surface area contributed by atoms with Crippen molar-refractivity contribution in [1.82, 2.24) is 0 Å².